The van der Waals surface area contributed by atoms with Gasteiger partial charge in [0.25, 0.3) is 0 Å². The first-order valence-electron chi connectivity index (χ1n) is 4.11. The van der Waals surface area contributed by atoms with Gasteiger partial charge in [0, 0.05) is 18.7 Å². The second-order valence-electron chi connectivity index (χ2n) is 2.88. The monoisotopic (exact) mass is 221 g/mol. The summed E-state index contributed by atoms with van der Waals surface area (Å²) >= 11 is 5.52. The highest BCUT2D eigenvalue weighted by atomic mass is 35.5. The molecule has 0 aliphatic rings. The fourth-order valence-corrected chi connectivity index (χ4v) is 1.14. The molecule has 78 valence electrons. The van der Waals surface area contributed by atoms with E-state index >= 15 is 0 Å². The van der Waals surface area contributed by atoms with Crippen LogP contribution in [0.4, 0.5) is 14.6 Å². The van der Waals surface area contributed by atoms with Crippen molar-refractivity contribution in [2.45, 2.75) is 25.8 Å². The molecule has 1 atom stereocenters. The zero-order valence-electron chi connectivity index (χ0n) is 7.54. The van der Waals surface area contributed by atoms with E-state index in [4.69, 9.17) is 11.6 Å². The lowest BCUT2D eigenvalue weighted by molar-refractivity contribution is 0.133. The molecule has 1 rings (SSSR count). The summed E-state index contributed by atoms with van der Waals surface area (Å²) in [5.41, 5.74) is 0. The number of rotatable bonds is 4. The highest BCUT2D eigenvalue weighted by Gasteiger charge is 2.10. The van der Waals surface area contributed by atoms with Gasteiger partial charge in [0.05, 0.1) is 0 Å². The summed E-state index contributed by atoms with van der Waals surface area (Å²) in [7, 11) is 0. The number of halogens is 3. The van der Waals surface area contributed by atoms with Gasteiger partial charge in [-0.1, -0.05) is 0 Å². The topological polar surface area (TPSA) is 37.8 Å². The van der Waals surface area contributed by atoms with Crippen LogP contribution in [0.1, 0.15) is 13.3 Å². The number of alkyl halides is 2. The summed E-state index contributed by atoms with van der Waals surface area (Å²) in [5, 5.41) is 2.89. The van der Waals surface area contributed by atoms with Crippen LogP contribution < -0.4 is 5.32 Å². The summed E-state index contributed by atoms with van der Waals surface area (Å²) in [6.45, 7) is 1.65. The lowest BCUT2D eigenvalue weighted by atomic mass is 10.2. The molecule has 1 aromatic heterocycles. The lowest BCUT2D eigenvalue weighted by Gasteiger charge is -2.13. The molecule has 0 amide bonds. The molecule has 3 nitrogen and oxygen atoms in total. The third kappa shape index (κ3) is 3.83. The Morgan fingerprint density at radius 2 is 2.29 bits per heavy atom. The van der Waals surface area contributed by atoms with Crippen LogP contribution in [0.5, 0.6) is 0 Å². The van der Waals surface area contributed by atoms with Crippen LogP contribution in [0.15, 0.2) is 12.3 Å². The minimum Gasteiger partial charge on any atom is -0.367 e. The van der Waals surface area contributed by atoms with E-state index in [0.717, 1.165) is 0 Å². The van der Waals surface area contributed by atoms with E-state index in [1.165, 1.54) is 6.20 Å². The van der Waals surface area contributed by atoms with Gasteiger partial charge in [-0.25, -0.2) is 18.7 Å². The number of nitrogens with zero attached hydrogens (tertiary/aromatic N) is 2. The molecule has 14 heavy (non-hydrogen) atoms. The maximum Gasteiger partial charge on any atom is 0.240 e. The second kappa shape index (κ2) is 5.05. The van der Waals surface area contributed by atoms with Crippen LogP contribution in [0.2, 0.25) is 5.28 Å². The molecule has 0 bridgehead atoms. The Morgan fingerprint density at radius 1 is 1.57 bits per heavy atom. The van der Waals surface area contributed by atoms with E-state index in [-0.39, 0.29) is 17.7 Å². The van der Waals surface area contributed by atoms with Gasteiger partial charge in [0.15, 0.2) is 0 Å². The summed E-state index contributed by atoms with van der Waals surface area (Å²) in [6, 6.07) is 1.23. The molecule has 0 radical (unpaired) electrons. The van der Waals surface area contributed by atoms with Crippen LogP contribution in [0.3, 0.4) is 0 Å². The van der Waals surface area contributed by atoms with Crippen molar-refractivity contribution in [3.8, 4) is 0 Å². The van der Waals surface area contributed by atoms with Gasteiger partial charge >= 0.3 is 0 Å². The third-order valence-electron chi connectivity index (χ3n) is 1.55. The average Bonchev–Trinajstić information content (AvgIpc) is 2.01. The fourth-order valence-electron chi connectivity index (χ4n) is 0.994. The Labute approximate surface area is 85.5 Å². The zero-order valence-corrected chi connectivity index (χ0v) is 8.30. The standard InChI is InChI=1S/C8H10ClF2N3/c1-5(4-6(10)11)13-7-2-3-12-8(9)14-7/h2-3,5-6H,4H2,1H3,(H,12,13,14). The van der Waals surface area contributed by atoms with Gasteiger partial charge in [0.1, 0.15) is 5.82 Å². The molecule has 1 heterocycles. The van der Waals surface area contributed by atoms with Crippen molar-refractivity contribution >= 4 is 17.4 Å². The predicted molar refractivity (Wildman–Crippen MR) is 50.7 cm³/mol. The molecule has 0 aliphatic carbocycles. The summed E-state index contributed by atoms with van der Waals surface area (Å²) in [5.74, 6) is 0.457. The minimum atomic E-state index is -2.32. The fraction of sp³-hybridized carbons (Fsp3) is 0.500. The van der Waals surface area contributed by atoms with Crippen molar-refractivity contribution in [2.24, 2.45) is 0 Å². The van der Waals surface area contributed by atoms with Crippen LogP contribution >= 0.6 is 11.6 Å². The Hall–Kier alpha value is -0.970. The first-order chi connectivity index (χ1) is 6.58. The van der Waals surface area contributed by atoms with Gasteiger partial charge < -0.3 is 5.32 Å². The number of nitrogens with one attached hydrogen (secondary N) is 1. The Bertz CT molecular complexity index is 296. The van der Waals surface area contributed by atoms with Crippen molar-refractivity contribution in [1.82, 2.24) is 9.97 Å². The Morgan fingerprint density at radius 3 is 2.86 bits per heavy atom. The molecule has 0 fully saturated rings. The molecular formula is C8H10ClF2N3. The van der Waals surface area contributed by atoms with Crippen molar-refractivity contribution in [1.29, 1.82) is 0 Å². The number of anilines is 1. The van der Waals surface area contributed by atoms with Crippen molar-refractivity contribution in [3.63, 3.8) is 0 Å². The summed E-state index contributed by atoms with van der Waals surface area (Å²) in [4.78, 5) is 7.49. The van der Waals surface area contributed by atoms with Crippen molar-refractivity contribution in [3.05, 3.63) is 17.5 Å². The first-order valence-corrected chi connectivity index (χ1v) is 4.49. The maximum absolute atomic E-state index is 12.0. The quantitative estimate of drug-likeness (QED) is 0.795. The van der Waals surface area contributed by atoms with Crippen LogP contribution in [0.25, 0.3) is 0 Å². The van der Waals surface area contributed by atoms with Gasteiger partial charge in [0.2, 0.25) is 11.7 Å². The molecule has 1 N–H and O–H groups in total. The summed E-state index contributed by atoms with van der Waals surface area (Å²) in [6.07, 6.45) is -1.08. The predicted octanol–water partition coefficient (Wildman–Crippen LogP) is 2.59. The molecular weight excluding hydrogens is 212 g/mol. The highest BCUT2D eigenvalue weighted by molar-refractivity contribution is 6.28. The first kappa shape index (κ1) is 11.1. The average molecular weight is 222 g/mol. The maximum atomic E-state index is 12.0. The van der Waals surface area contributed by atoms with Crippen LogP contribution in [0, 0.1) is 0 Å². The van der Waals surface area contributed by atoms with Crippen LogP contribution in [-0.4, -0.2) is 22.4 Å². The molecule has 0 aromatic carbocycles. The minimum absolute atomic E-state index is 0.0965. The molecule has 0 spiro atoms. The van der Waals surface area contributed by atoms with Crippen molar-refractivity contribution in [2.75, 3.05) is 5.32 Å². The Kier molecular flexibility index (Phi) is 4.00. The molecule has 6 heteroatoms. The Balaban J connectivity index is 2.51. The SMILES string of the molecule is CC(CC(F)F)Nc1ccnc(Cl)n1. The normalized spacial score (nSPS) is 12.9. The van der Waals surface area contributed by atoms with Gasteiger partial charge in [-0.2, -0.15) is 0 Å². The van der Waals surface area contributed by atoms with Crippen LogP contribution in [-0.2, 0) is 0 Å². The number of hydrogen-bond acceptors (Lipinski definition) is 3. The highest BCUT2D eigenvalue weighted by Crippen LogP contribution is 2.11. The third-order valence-corrected chi connectivity index (χ3v) is 1.73. The van der Waals surface area contributed by atoms with E-state index in [1.807, 2.05) is 0 Å². The van der Waals surface area contributed by atoms with E-state index < -0.39 is 6.43 Å². The smallest absolute Gasteiger partial charge is 0.240 e. The van der Waals surface area contributed by atoms with E-state index in [0.29, 0.717) is 5.82 Å². The van der Waals surface area contributed by atoms with Crippen molar-refractivity contribution < 1.29 is 8.78 Å². The summed E-state index contributed by atoms with van der Waals surface area (Å²) < 4.78 is 23.9. The van der Waals surface area contributed by atoms with Gasteiger partial charge in [-0.15, -0.1) is 0 Å². The van der Waals surface area contributed by atoms with E-state index in [2.05, 4.69) is 15.3 Å². The van der Waals surface area contributed by atoms with E-state index in [1.54, 1.807) is 13.0 Å². The lowest BCUT2D eigenvalue weighted by Crippen LogP contribution is -2.19. The second-order valence-corrected chi connectivity index (χ2v) is 3.22. The number of hydrogen-bond donors (Lipinski definition) is 1. The van der Waals surface area contributed by atoms with Gasteiger partial charge in [-0.3, -0.25) is 0 Å². The molecule has 0 saturated carbocycles. The zero-order chi connectivity index (χ0) is 10.6. The molecule has 0 saturated heterocycles. The molecule has 1 unspecified atom stereocenters. The van der Waals surface area contributed by atoms with E-state index in [9.17, 15) is 8.78 Å². The van der Waals surface area contributed by atoms with Gasteiger partial charge in [-0.05, 0) is 24.6 Å². The molecule has 0 aliphatic heterocycles. The number of aromatic nitrogens is 2. The molecule has 1 aromatic rings. The largest absolute Gasteiger partial charge is 0.367 e.